The van der Waals surface area contributed by atoms with Crippen molar-refractivity contribution in [1.82, 2.24) is 4.90 Å². The van der Waals surface area contributed by atoms with Crippen LogP contribution in [0.5, 0.6) is 11.5 Å². The van der Waals surface area contributed by atoms with Gasteiger partial charge in [0.05, 0.1) is 26.2 Å². The van der Waals surface area contributed by atoms with Crippen LogP contribution >= 0.6 is 27.7 Å². The van der Waals surface area contributed by atoms with Crippen LogP contribution in [-0.2, 0) is 23.9 Å². The zero-order valence-corrected chi connectivity index (χ0v) is 18.4. The molecule has 0 unspecified atom stereocenters. The molecular weight excluding hydrogens is 470 g/mol. The number of imide groups is 1. The molecule has 1 aromatic rings. The number of ether oxygens (including phenoxy) is 4. The molecular formula is C18H18BrNO8S. The summed E-state index contributed by atoms with van der Waals surface area (Å²) in [7, 11) is 3.85. The van der Waals surface area contributed by atoms with Gasteiger partial charge in [-0.05, 0) is 42.5 Å². The minimum absolute atomic E-state index is 0.136. The molecule has 1 atom stereocenters. The van der Waals surface area contributed by atoms with Crippen LogP contribution in [0.2, 0.25) is 0 Å². The Morgan fingerprint density at radius 3 is 2.45 bits per heavy atom. The third-order valence-electron chi connectivity index (χ3n) is 3.90. The summed E-state index contributed by atoms with van der Waals surface area (Å²) in [5.74, 6) is -1.25. The molecule has 2 amide bonds. The first-order valence-electron chi connectivity index (χ1n) is 8.15. The Morgan fingerprint density at radius 1 is 1.17 bits per heavy atom. The molecule has 9 nitrogen and oxygen atoms in total. The van der Waals surface area contributed by atoms with Crippen molar-refractivity contribution >= 4 is 56.9 Å². The van der Waals surface area contributed by atoms with E-state index in [-0.39, 0.29) is 17.3 Å². The van der Waals surface area contributed by atoms with Crippen LogP contribution < -0.4 is 9.47 Å². The van der Waals surface area contributed by atoms with Gasteiger partial charge in [0.15, 0.2) is 18.1 Å². The van der Waals surface area contributed by atoms with E-state index in [0.717, 1.165) is 4.90 Å². The van der Waals surface area contributed by atoms with Crippen molar-refractivity contribution in [1.29, 1.82) is 0 Å². The molecule has 2 rings (SSSR count). The van der Waals surface area contributed by atoms with Gasteiger partial charge in [0.1, 0.15) is 6.04 Å². The topological polar surface area (TPSA) is 108 Å². The molecule has 1 aliphatic rings. The van der Waals surface area contributed by atoms with Crippen molar-refractivity contribution in [3.05, 3.63) is 27.1 Å². The summed E-state index contributed by atoms with van der Waals surface area (Å²) < 4.78 is 20.3. The molecule has 0 bridgehead atoms. The third-order valence-corrected chi connectivity index (χ3v) is 5.47. The molecule has 0 aromatic heterocycles. The maximum atomic E-state index is 12.6. The Balaban J connectivity index is 2.32. The first-order valence-corrected chi connectivity index (χ1v) is 9.76. The SMILES string of the molecule is COC(=O)COc1cc(Br)c(/C=C2\SC(=O)N([C@H](C)C(=O)OC)C2=O)cc1OC. The largest absolute Gasteiger partial charge is 0.493 e. The molecule has 1 aromatic carbocycles. The second-order valence-corrected chi connectivity index (χ2v) is 7.49. The lowest BCUT2D eigenvalue weighted by Crippen LogP contribution is -2.42. The van der Waals surface area contributed by atoms with E-state index in [9.17, 15) is 19.2 Å². The summed E-state index contributed by atoms with van der Waals surface area (Å²) in [5, 5.41) is -0.569. The van der Waals surface area contributed by atoms with Gasteiger partial charge in [0.25, 0.3) is 11.1 Å². The molecule has 1 saturated heterocycles. The molecule has 0 spiro atoms. The minimum Gasteiger partial charge on any atom is -0.493 e. The minimum atomic E-state index is -1.04. The lowest BCUT2D eigenvalue weighted by molar-refractivity contribution is -0.148. The Labute approximate surface area is 179 Å². The van der Waals surface area contributed by atoms with Gasteiger partial charge in [0, 0.05) is 4.47 Å². The molecule has 29 heavy (non-hydrogen) atoms. The highest BCUT2D eigenvalue weighted by molar-refractivity contribution is 9.10. The summed E-state index contributed by atoms with van der Waals surface area (Å²) in [5.41, 5.74) is 0.531. The molecule has 1 heterocycles. The van der Waals surface area contributed by atoms with Crippen molar-refractivity contribution in [2.75, 3.05) is 27.9 Å². The van der Waals surface area contributed by atoms with Gasteiger partial charge in [-0.1, -0.05) is 15.9 Å². The number of carbonyl (C=O) groups is 4. The fraction of sp³-hybridized carbons (Fsp3) is 0.333. The predicted molar refractivity (Wildman–Crippen MR) is 107 cm³/mol. The number of carbonyl (C=O) groups excluding carboxylic acids is 4. The van der Waals surface area contributed by atoms with Gasteiger partial charge < -0.3 is 18.9 Å². The normalized spacial score (nSPS) is 16.0. The molecule has 1 aliphatic heterocycles. The first kappa shape index (κ1) is 22.8. The Bertz CT molecular complexity index is 885. The summed E-state index contributed by atoms with van der Waals surface area (Å²) in [6, 6.07) is 2.11. The van der Waals surface area contributed by atoms with Gasteiger partial charge in [-0.15, -0.1) is 0 Å². The van der Waals surface area contributed by atoms with E-state index in [4.69, 9.17) is 9.47 Å². The number of thioether (sulfide) groups is 1. The van der Waals surface area contributed by atoms with Gasteiger partial charge in [-0.25, -0.2) is 9.59 Å². The van der Waals surface area contributed by atoms with Crippen molar-refractivity contribution in [3.8, 4) is 11.5 Å². The van der Waals surface area contributed by atoms with E-state index in [0.29, 0.717) is 27.5 Å². The van der Waals surface area contributed by atoms with E-state index < -0.39 is 29.1 Å². The highest BCUT2D eigenvalue weighted by atomic mass is 79.9. The molecule has 0 radical (unpaired) electrons. The molecule has 11 heteroatoms. The number of rotatable bonds is 7. The van der Waals surface area contributed by atoms with E-state index in [1.54, 1.807) is 12.1 Å². The highest BCUT2D eigenvalue weighted by Gasteiger charge is 2.41. The molecule has 0 aliphatic carbocycles. The fourth-order valence-corrected chi connectivity index (χ4v) is 3.70. The summed E-state index contributed by atoms with van der Waals surface area (Å²) in [4.78, 5) is 48.8. The maximum absolute atomic E-state index is 12.6. The van der Waals surface area contributed by atoms with Gasteiger partial charge >= 0.3 is 11.9 Å². The number of hydrogen-bond donors (Lipinski definition) is 0. The lowest BCUT2D eigenvalue weighted by atomic mass is 10.1. The van der Waals surface area contributed by atoms with Crippen molar-refractivity contribution in [3.63, 3.8) is 0 Å². The van der Waals surface area contributed by atoms with Gasteiger partial charge in [-0.2, -0.15) is 0 Å². The summed E-state index contributed by atoms with van der Waals surface area (Å²) >= 11 is 4.08. The van der Waals surface area contributed by atoms with E-state index >= 15 is 0 Å². The van der Waals surface area contributed by atoms with Crippen molar-refractivity contribution in [2.45, 2.75) is 13.0 Å². The maximum Gasteiger partial charge on any atom is 0.343 e. The zero-order valence-electron chi connectivity index (χ0n) is 16.0. The Morgan fingerprint density at radius 2 is 1.86 bits per heavy atom. The zero-order chi connectivity index (χ0) is 21.7. The van der Waals surface area contributed by atoms with Crippen molar-refractivity contribution in [2.24, 2.45) is 0 Å². The summed E-state index contributed by atoms with van der Waals surface area (Å²) in [6.45, 7) is 1.11. The van der Waals surface area contributed by atoms with E-state index in [2.05, 4.69) is 25.4 Å². The van der Waals surface area contributed by atoms with Crippen LogP contribution in [0.1, 0.15) is 12.5 Å². The monoisotopic (exact) mass is 487 g/mol. The van der Waals surface area contributed by atoms with Crippen LogP contribution in [-0.4, -0.2) is 62.0 Å². The number of nitrogens with zero attached hydrogens (tertiary/aromatic N) is 1. The second kappa shape index (κ2) is 9.79. The highest BCUT2D eigenvalue weighted by Crippen LogP contribution is 2.38. The number of benzene rings is 1. The molecule has 0 N–H and O–H groups in total. The van der Waals surface area contributed by atoms with Crippen LogP contribution in [0.15, 0.2) is 21.5 Å². The molecule has 0 saturated carbocycles. The summed E-state index contributed by atoms with van der Waals surface area (Å²) in [6.07, 6.45) is 1.49. The van der Waals surface area contributed by atoms with Crippen LogP contribution in [0, 0.1) is 0 Å². The van der Waals surface area contributed by atoms with E-state index in [1.807, 2.05) is 0 Å². The number of esters is 2. The first-order chi connectivity index (χ1) is 13.7. The lowest BCUT2D eigenvalue weighted by Gasteiger charge is -2.18. The number of hydrogen-bond acceptors (Lipinski definition) is 9. The fourth-order valence-electron chi connectivity index (χ4n) is 2.36. The molecule has 156 valence electrons. The smallest absolute Gasteiger partial charge is 0.343 e. The average Bonchev–Trinajstić information content (AvgIpc) is 2.99. The van der Waals surface area contributed by atoms with Crippen LogP contribution in [0.4, 0.5) is 4.79 Å². The third kappa shape index (κ3) is 5.10. The Hall–Kier alpha value is -2.53. The van der Waals surface area contributed by atoms with E-state index in [1.165, 1.54) is 34.3 Å². The van der Waals surface area contributed by atoms with Crippen molar-refractivity contribution < 1.29 is 38.1 Å². The quantitative estimate of drug-likeness (QED) is 0.423. The van der Waals surface area contributed by atoms with Gasteiger partial charge in [0.2, 0.25) is 0 Å². The van der Waals surface area contributed by atoms with Crippen LogP contribution in [0.3, 0.4) is 0 Å². The second-order valence-electron chi connectivity index (χ2n) is 5.64. The van der Waals surface area contributed by atoms with Gasteiger partial charge in [-0.3, -0.25) is 14.5 Å². The van der Waals surface area contributed by atoms with Crippen LogP contribution in [0.25, 0.3) is 6.08 Å². The number of halogens is 1. The Kier molecular flexibility index (Phi) is 7.68. The number of amides is 2. The standard InChI is InChI=1S/C18H18BrNO8S/c1-9(17(23)27-4)20-16(22)14(29-18(20)24)6-10-5-12(25-2)13(7-11(10)19)28-8-15(21)26-3/h5-7,9H,8H2,1-4H3/b14-6-/t9-/m1/s1. The number of methoxy groups -OCH3 is 3. The predicted octanol–water partition coefficient (Wildman–Crippen LogP) is 2.61. The molecule has 1 fully saturated rings. The average molecular weight is 488 g/mol.